The smallest absolute Gasteiger partial charge is 0.245 e. The Balaban J connectivity index is 3.40. The average molecular weight is 197 g/mol. The van der Waals surface area contributed by atoms with E-state index in [0.29, 0.717) is 6.42 Å². The highest BCUT2D eigenvalue weighted by Gasteiger charge is 2.05. The molecule has 0 fully saturated rings. The Hall–Kier alpha value is -1.09. The number of carbonyl (C=O) groups is 1. The van der Waals surface area contributed by atoms with Crippen molar-refractivity contribution in [2.24, 2.45) is 0 Å². The van der Waals surface area contributed by atoms with Crippen LogP contribution in [0.15, 0.2) is 24.8 Å². The van der Waals surface area contributed by atoms with Crippen LogP contribution in [0.25, 0.3) is 0 Å². The van der Waals surface area contributed by atoms with Gasteiger partial charge in [0, 0.05) is 13.5 Å². The Morgan fingerprint density at radius 3 is 2.79 bits per heavy atom. The monoisotopic (exact) mass is 197 g/mol. The van der Waals surface area contributed by atoms with Crippen LogP contribution in [0.1, 0.15) is 25.7 Å². The third-order valence-electron chi connectivity index (χ3n) is 1.91. The van der Waals surface area contributed by atoms with Crippen LogP contribution < -0.4 is 0 Å². The number of unbranched alkanes of at least 4 members (excludes halogenated alkanes) is 2. The fourth-order valence-electron chi connectivity index (χ4n) is 0.990. The van der Waals surface area contributed by atoms with E-state index in [1.54, 1.807) is 13.1 Å². The summed E-state index contributed by atoms with van der Waals surface area (Å²) in [5.41, 5.74) is 0. The van der Waals surface area contributed by atoms with Crippen LogP contribution in [0.2, 0.25) is 0 Å². The van der Waals surface area contributed by atoms with Gasteiger partial charge in [0.25, 0.3) is 0 Å². The number of hydrogen-bond acceptors (Lipinski definition) is 2. The van der Waals surface area contributed by atoms with E-state index >= 15 is 0 Å². The van der Waals surface area contributed by atoms with Crippen molar-refractivity contribution in [3.05, 3.63) is 24.8 Å². The van der Waals surface area contributed by atoms with Crippen LogP contribution in [-0.2, 0) is 9.63 Å². The molecule has 0 rings (SSSR count). The van der Waals surface area contributed by atoms with Crippen LogP contribution >= 0.6 is 0 Å². The van der Waals surface area contributed by atoms with Crippen molar-refractivity contribution in [3.63, 3.8) is 0 Å². The summed E-state index contributed by atoms with van der Waals surface area (Å²) in [5, 5.41) is 1.26. The van der Waals surface area contributed by atoms with E-state index in [2.05, 4.69) is 12.7 Å². The number of hydroxylamine groups is 2. The molecule has 0 aliphatic rings. The summed E-state index contributed by atoms with van der Waals surface area (Å²) in [5.74, 6) is 0.0280. The first-order chi connectivity index (χ1) is 6.72. The molecule has 0 N–H and O–H groups in total. The molecule has 0 aromatic heterocycles. The zero-order valence-corrected chi connectivity index (χ0v) is 9.03. The maximum atomic E-state index is 11.2. The van der Waals surface area contributed by atoms with Gasteiger partial charge < -0.3 is 0 Å². The lowest BCUT2D eigenvalue weighted by atomic mass is 10.2. The van der Waals surface area contributed by atoms with Gasteiger partial charge in [-0.1, -0.05) is 24.8 Å². The zero-order chi connectivity index (χ0) is 10.8. The van der Waals surface area contributed by atoms with Crippen LogP contribution in [0, 0.1) is 0 Å². The maximum Gasteiger partial charge on any atom is 0.245 e. The topological polar surface area (TPSA) is 29.5 Å². The van der Waals surface area contributed by atoms with E-state index in [9.17, 15) is 4.79 Å². The minimum absolute atomic E-state index is 0.0280. The van der Waals surface area contributed by atoms with Gasteiger partial charge in [0.05, 0.1) is 7.11 Å². The summed E-state index contributed by atoms with van der Waals surface area (Å²) in [6.45, 7) is 3.58. The highest BCUT2D eigenvalue weighted by atomic mass is 16.7. The summed E-state index contributed by atoms with van der Waals surface area (Å²) in [6, 6.07) is 0. The van der Waals surface area contributed by atoms with Gasteiger partial charge in [0.1, 0.15) is 0 Å². The van der Waals surface area contributed by atoms with E-state index in [0.717, 1.165) is 19.3 Å². The second kappa shape index (κ2) is 8.51. The molecule has 0 radical (unpaired) electrons. The second-order valence-electron chi connectivity index (χ2n) is 2.98. The Kier molecular flexibility index (Phi) is 7.84. The van der Waals surface area contributed by atoms with Gasteiger partial charge in [-0.3, -0.25) is 9.63 Å². The molecular weight excluding hydrogens is 178 g/mol. The van der Waals surface area contributed by atoms with E-state index in [4.69, 9.17) is 4.84 Å². The quantitative estimate of drug-likeness (QED) is 0.356. The molecule has 3 heteroatoms. The standard InChI is InChI=1S/C11H19NO2/c1-4-5-6-7-8-9-10-11(13)12(2)14-3/h4-6H,1,7-10H2,2-3H3/b6-5+. The normalized spacial score (nSPS) is 10.4. The lowest BCUT2D eigenvalue weighted by Gasteiger charge is -2.12. The molecule has 80 valence electrons. The Morgan fingerprint density at radius 1 is 1.50 bits per heavy atom. The van der Waals surface area contributed by atoms with Gasteiger partial charge in [0.2, 0.25) is 5.91 Å². The number of nitrogens with zero attached hydrogens (tertiary/aromatic N) is 1. The molecule has 0 atom stereocenters. The molecule has 1 amide bonds. The third-order valence-corrected chi connectivity index (χ3v) is 1.91. The molecular formula is C11H19NO2. The Labute approximate surface area is 86.0 Å². The first kappa shape index (κ1) is 12.9. The summed E-state index contributed by atoms with van der Waals surface area (Å²) in [7, 11) is 3.12. The van der Waals surface area contributed by atoms with E-state index in [-0.39, 0.29) is 5.91 Å². The van der Waals surface area contributed by atoms with E-state index in [1.807, 2.05) is 6.08 Å². The van der Waals surface area contributed by atoms with Crippen molar-refractivity contribution in [2.45, 2.75) is 25.7 Å². The van der Waals surface area contributed by atoms with Gasteiger partial charge >= 0.3 is 0 Å². The van der Waals surface area contributed by atoms with E-state index in [1.165, 1.54) is 12.2 Å². The van der Waals surface area contributed by atoms with Gasteiger partial charge in [-0.05, 0) is 19.3 Å². The third kappa shape index (κ3) is 6.43. The van der Waals surface area contributed by atoms with Crippen LogP contribution in [-0.4, -0.2) is 25.1 Å². The fraction of sp³-hybridized carbons (Fsp3) is 0.545. The van der Waals surface area contributed by atoms with Gasteiger partial charge in [-0.25, -0.2) is 5.06 Å². The fourth-order valence-corrected chi connectivity index (χ4v) is 0.990. The molecule has 14 heavy (non-hydrogen) atoms. The lowest BCUT2D eigenvalue weighted by molar-refractivity contribution is -0.168. The SMILES string of the molecule is C=C/C=C/CCCCC(=O)N(C)OC. The number of allylic oxidation sites excluding steroid dienone is 3. The maximum absolute atomic E-state index is 11.2. The molecule has 0 bridgehead atoms. The molecule has 0 aliphatic heterocycles. The van der Waals surface area contributed by atoms with Crippen molar-refractivity contribution in [1.29, 1.82) is 0 Å². The Morgan fingerprint density at radius 2 is 2.21 bits per heavy atom. The minimum atomic E-state index is 0.0280. The second-order valence-corrected chi connectivity index (χ2v) is 2.98. The lowest BCUT2D eigenvalue weighted by Crippen LogP contribution is -2.24. The molecule has 0 aliphatic carbocycles. The van der Waals surface area contributed by atoms with E-state index < -0.39 is 0 Å². The van der Waals surface area contributed by atoms with Crippen molar-refractivity contribution >= 4 is 5.91 Å². The molecule has 0 aromatic rings. The largest absolute Gasteiger partial charge is 0.275 e. The summed E-state index contributed by atoms with van der Waals surface area (Å²) < 4.78 is 0. The number of carbonyl (C=O) groups excluding carboxylic acids is 1. The first-order valence-electron chi connectivity index (χ1n) is 4.80. The predicted molar refractivity (Wildman–Crippen MR) is 57.6 cm³/mol. The number of amides is 1. The minimum Gasteiger partial charge on any atom is -0.275 e. The molecule has 0 spiro atoms. The molecule has 0 heterocycles. The molecule has 0 saturated carbocycles. The van der Waals surface area contributed by atoms with Crippen molar-refractivity contribution < 1.29 is 9.63 Å². The Bertz CT molecular complexity index is 199. The van der Waals surface area contributed by atoms with Crippen molar-refractivity contribution in [2.75, 3.05) is 14.2 Å². The molecule has 0 saturated heterocycles. The van der Waals surface area contributed by atoms with Crippen molar-refractivity contribution in [3.8, 4) is 0 Å². The van der Waals surface area contributed by atoms with Gasteiger partial charge in [0.15, 0.2) is 0 Å². The summed E-state index contributed by atoms with van der Waals surface area (Å²) in [4.78, 5) is 16.0. The zero-order valence-electron chi connectivity index (χ0n) is 9.03. The number of rotatable bonds is 7. The molecule has 0 unspecified atom stereocenters. The summed E-state index contributed by atoms with van der Waals surface area (Å²) >= 11 is 0. The number of hydrogen-bond donors (Lipinski definition) is 0. The van der Waals surface area contributed by atoms with Gasteiger partial charge in [-0.2, -0.15) is 0 Å². The van der Waals surface area contributed by atoms with Crippen LogP contribution in [0.4, 0.5) is 0 Å². The van der Waals surface area contributed by atoms with Crippen LogP contribution in [0.5, 0.6) is 0 Å². The summed E-state index contributed by atoms with van der Waals surface area (Å²) in [6.07, 6.45) is 9.19. The highest BCUT2D eigenvalue weighted by molar-refractivity contribution is 5.74. The average Bonchev–Trinajstić information content (AvgIpc) is 2.21. The van der Waals surface area contributed by atoms with Crippen molar-refractivity contribution in [1.82, 2.24) is 5.06 Å². The predicted octanol–water partition coefficient (Wildman–Crippen LogP) is 2.31. The van der Waals surface area contributed by atoms with Crippen LogP contribution in [0.3, 0.4) is 0 Å². The van der Waals surface area contributed by atoms with Gasteiger partial charge in [-0.15, -0.1) is 0 Å². The molecule has 3 nitrogen and oxygen atoms in total. The first-order valence-corrected chi connectivity index (χ1v) is 4.80. The highest BCUT2D eigenvalue weighted by Crippen LogP contribution is 2.03. The molecule has 0 aromatic carbocycles.